The second-order valence-corrected chi connectivity index (χ2v) is 5.22. The largest absolute Gasteiger partial charge is 0.496 e. The van der Waals surface area contributed by atoms with E-state index in [9.17, 15) is 0 Å². The van der Waals surface area contributed by atoms with Gasteiger partial charge in [0.05, 0.1) is 7.11 Å². The van der Waals surface area contributed by atoms with Crippen LogP contribution in [0.3, 0.4) is 0 Å². The van der Waals surface area contributed by atoms with E-state index in [-0.39, 0.29) is 0 Å². The van der Waals surface area contributed by atoms with E-state index >= 15 is 0 Å². The second kappa shape index (κ2) is 5.09. The summed E-state index contributed by atoms with van der Waals surface area (Å²) in [5.41, 5.74) is 4.05. The van der Waals surface area contributed by atoms with Crippen molar-refractivity contribution in [3.05, 3.63) is 28.8 Å². The molecule has 1 saturated heterocycles. The molecule has 0 radical (unpaired) electrons. The van der Waals surface area contributed by atoms with Crippen molar-refractivity contribution in [3.63, 3.8) is 0 Å². The Bertz CT molecular complexity index is 392. The van der Waals surface area contributed by atoms with Crippen molar-refractivity contribution in [3.8, 4) is 5.75 Å². The molecule has 0 aromatic heterocycles. The second-order valence-electron chi connectivity index (χ2n) is 5.22. The molecule has 0 amide bonds. The van der Waals surface area contributed by atoms with Crippen molar-refractivity contribution in [2.75, 3.05) is 13.7 Å². The molecule has 0 spiro atoms. The fourth-order valence-corrected chi connectivity index (χ4v) is 2.79. The number of ether oxygens (including phenoxy) is 1. The number of benzene rings is 1. The van der Waals surface area contributed by atoms with Gasteiger partial charge in [0.2, 0.25) is 0 Å². The SMILES string of the molecule is COc1c(C)ccc(C(C)C)c1C1CCCN1. The van der Waals surface area contributed by atoms with E-state index in [1.54, 1.807) is 7.11 Å². The lowest BCUT2D eigenvalue weighted by atomic mass is 9.89. The maximum Gasteiger partial charge on any atom is 0.126 e. The Morgan fingerprint density at radius 2 is 2.12 bits per heavy atom. The van der Waals surface area contributed by atoms with Crippen LogP contribution in [-0.4, -0.2) is 13.7 Å². The van der Waals surface area contributed by atoms with Crippen LogP contribution in [-0.2, 0) is 0 Å². The standard InChI is InChI=1S/C15H23NO/c1-10(2)12-8-7-11(3)15(17-4)14(12)13-6-5-9-16-13/h7-8,10,13,16H,5-6,9H2,1-4H3. The third kappa shape index (κ3) is 2.32. The molecule has 1 aromatic rings. The first-order chi connectivity index (χ1) is 8.15. The summed E-state index contributed by atoms with van der Waals surface area (Å²) in [5, 5.41) is 3.59. The Labute approximate surface area is 104 Å². The highest BCUT2D eigenvalue weighted by Crippen LogP contribution is 2.38. The number of aryl methyl sites for hydroxylation is 1. The van der Waals surface area contributed by atoms with Gasteiger partial charge in [0.15, 0.2) is 0 Å². The van der Waals surface area contributed by atoms with Crippen LogP contribution >= 0.6 is 0 Å². The molecule has 1 N–H and O–H groups in total. The maximum absolute atomic E-state index is 5.64. The van der Waals surface area contributed by atoms with E-state index in [4.69, 9.17) is 4.74 Å². The Balaban J connectivity index is 2.53. The molecule has 2 rings (SSSR count). The molecule has 1 atom stereocenters. The molecule has 1 fully saturated rings. The van der Waals surface area contributed by atoms with Gasteiger partial charge < -0.3 is 10.1 Å². The monoisotopic (exact) mass is 233 g/mol. The van der Waals surface area contributed by atoms with Gasteiger partial charge in [-0.05, 0) is 43.4 Å². The molecular formula is C15H23NO. The first-order valence-corrected chi connectivity index (χ1v) is 6.56. The summed E-state index contributed by atoms with van der Waals surface area (Å²) in [4.78, 5) is 0. The van der Waals surface area contributed by atoms with Crippen LogP contribution in [0.15, 0.2) is 12.1 Å². The minimum Gasteiger partial charge on any atom is -0.496 e. The number of hydrogen-bond donors (Lipinski definition) is 1. The summed E-state index contributed by atoms with van der Waals surface area (Å²) in [6.07, 6.45) is 2.48. The zero-order chi connectivity index (χ0) is 12.4. The predicted octanol–water partition coefficient (Wildman–Crippen LogP) is 3.55. The van der Waals surface area contributed by atoms with Crippen LogP contribution in [0.4, 0.5) is 0 Å². The van der Waals surface area contributed by atoms with E-state index in [2.05, 4.69) is 38.2 Å². The average molecular weight is 233 g/mol. The maximum atomic E-state index is 5.64. The van der Waals surface area contributed by atoms with Gasteiger partial charge in [-0.3, -0.25) is 0 Å². The van der Waals surface area contributed by atoms with Crippen LogP contribution in [0, 0.1) is 6.92 Å². The number of rotatable bonds is 3. The van der Waals surface area contributed by atoms with Gasteiger partial charge in [0.1, 0.15) is 5.75 Å². The molecule has 0 saturated carbocycles. The van der Waals surface area contributed by atoms with Gasteiger partial charge in [0.25, 0.3) is 0 Å². The van der Waals surface area contributed by atoms with Crippen molar-refractivity contribution in [1.29, 1.82) is 0 Å². The van der Waals surface area contributed by atoms with Crippen molar-refractivity contribution in [1.82, 2.24) is 5.32 Å². The quantitative estimate of drug-likeness (QED) is 0.862. The van der Waals surface area contributed by atoms with Crippen molar-refractivity contribution >= 4 is 0 Å². The molecule has 1 heterocycles. The third-order valence-corrected chi connectivity index (χ3v) is 3.66. The summed E-state index contributed by atoms with van der Waals surface area (Å²) in [7, 11) is 1.78. The molecule has 0 aliphatic carbocycles. The third-order valence-electron chi connectivity index (χ3n) is 3.66. The minimum absolute atomic E-state index is 0.474. The molecule has 2 nitrogen and oxygen atoms in total. The van der Waals surface area contributed by atoms with Crippen LogP contribution < -0.4 is 10.1 Å². The topological polar surface area (TPSA) is 21.3 Å². The van der Waals surface area contributed by atoms with E-state index in [1.807, 2.05) is 0 Å². The zero-order valence-corrected chi connectivity index (χ0v) is 11.3. The molecule has 94 valence electrons. The summed E-state index contributed by atoms with van der Waals surface area (Å²) >= 11 is 0. The first-order valence-electron chi connectivity index (χ1n) is 6.56. The highest BCUT2D eigenvalue weighted by atomic mass is 16.5. The molecular weight excluding hydrogens is 210 g/mol. The average Bonchev–Trinajstić information content (AvgIpc) is 2.81. The normalized spacial score (nSPS) is 19.9. The predicted molar refractivity (Wildman–Crippen MR) is 71.8 cm³/mol. The van der Waals surface area contributed by atoms with E-state index in [0.29, 0.717) is 12.0 Å². The van der Waals surface area contributed by atoms with Crippen molar-refractivity contribution < 1.29 is 4.74 Å². The Morgan fingerprint density at radius 1 is 1.35 bits per heavy atom. The molecule has 1 aliphatic heterocycles. The van der Waals surface area contributed by atoms with Crippen LogP contribution in [0.2, 0.25) is 0 Å². The fraction of sp³-hybridized carbons (Fsp3) is 0.600. The van der Waals surface area contributed by atoms with Gasteiger partial charge in [-0.15, -0.1) is 0 Å². The lowest BCUT2D eigenvalue weighted by Crippen LogP contribution is -2.16. The molecule has 1 unspecified atom stereocenters. The van der Waals surface area contributed by atoms with Crippen molar-refractivity contribution in [2.45, 2.75) is 45.6 Å². The molecule has 1 aliphatic rings. The summed E-state index contributed by atoms with van der Waals surface area (Å²) in [6.45, 7) is 7.76. The van der Waals surface area contributed by atoms with Crippen LogP contribution in [0.5, 0.6) is 5.75 Å². The van der Waals surface area contributed by atoms with Gasteiger partial charge in [-0.25, -0.2) is 0 Å². The minimum atomic E-state index is 0.474. The highest BCUT2D eigenvalue weighted by Gasteiger charge is 2.24. The van der Waals surface area contributed by atoms with E-state index in [0.717, 1.165) is 12.3 Å². The van der Waals surface area contributed by atoms with E-state index in [1.165, 1.54) is 29.5 Å². The Kier molecular flexibility index (Phi) is 3.72. The van der Waals surface area contributed by atoms with Crippen molar-refractivity contribution in [2.24, 2.45) is 0 Å². The smallest absolute Gasteiger partial charge is 0.126 e. The number of methoxy groups -OCH3 is 1. The summed E-state index contributed by atoms with van der Waals surface area (Å²) in [5.74, 6) is 1.62. The zero-order valence-electron chi connectivity index (χ0n) is 11.3. The fourth-order valence-electron chi connectivity index (χ4n) is 2.79. The van der Waals surface area contributed by atoms with E-state index < -0.39 is 0 Å². The lowest BCUT2D eigenvalue weighted by molar-refractivity contribution is 0.398. The molecule has 2 heteroatoms. The molecule has 1 aromatic carbocycles. The van der Waals surface area contributed by atoms with Gasteiger partial charge in [0, 0.05) is 11.6 Å². The first kappa shape index (κ1) is 12.4. The number of nitrogens with one attached hydrogen (secondary N) is 1. The van der Waals surface area contributed by atoms with Gasteiger partial charge in [-0.1, -0.05) is 26.0 Å². The number of hydrogen-bond acceptors (Lipinski definition) is 2. The van der Waals surface area contributed by atoms with Gasteiger partial charge in [-0.2, -0.15) is 0 Å². The molecule has 17 heavy (non-hydrogen) atoms. The van der Waals surface area contributed by atoms with Crippen LogP contribution in [0.25, 0.3) is 0 Å². The summed E-state index contributed by atoms with van der Waals surface area (Å²) in [6, 6.07) is 4.91. The Morgan fingerprint density at radius 3 is 2.65 bits per heavy atom. The van der Waals surface area contributed by atoms with Gasteiger partial charge >= 0.3 is 0 Å². The Hall–Kier alpha value is -1.02. The van der Waals surface area contributed by atoms with Crippen LogP contribution in [0.1, 0.15) is 55.3 Å². The summed E-state index contributed by atoms with van der Waals surface area (Å²) < 4.78 is 5.64. The molecule has 0 bridgehead atoms. The highest BCUT2D eigenvalue weighted by molar-refractivity contribution is 5.49. The lowest BCUT2D eigenvalue weighted by Gasteiger charge is -2.23.